The van der Waals surface area contributed by atoms with Crippen LogP contribution in [0.3, 0.4) is 0 Å². The third kappa shape index (κ3) is 5.69. The lowest BCUT2D eigenvalue weighted by atomic mass is 9.88. The first-order valence-electron chi connectivity index (χ1n) is 12.6. The average Bonchev–Trinajstić information content (AvgIpc) is 3.41. The molecule has 1 unspecified atom stereocenters. The molecule has 7 heteroatoms. The van der Waals surface area contributed by atoms with Crippen molar-refractivity contribution < 1.29 is 18.8 Å². The van der Waals surface area contributed by atoms with Crippen LogP contribution in [-0.4, -0.2) is 40.7 Å². The highest BCUT2D eigenvalue weighted by Gasteiger charge is 2.35. The van der Waals surface area contributed by atoms with Crippen LogP contribution in [0, 0.1) is 0 Å². The van der Waals surface area contributed by atoms with Crippen LogP contribution in [0.1, 0.15) is 92.0 Å². The minimum Gasteiger partial charge on any atom is -0.459 e. The first-order chi connectivity index (χ1) is 16.5. The highest BCUT2D eigenvalue weighted by atomic mass is 16.3. The molecule has 2 fully saturated rings. The zero-order valence-corrected chi connectivity index (χ0v) is 19.9. The van der Waals surface area contributed by atoms with E-state index in [1.54, 1.807) is 43.3 Å². The largest absolute Gasteiger partial charge is 0.459 e. The predicted molar refractivity (Wildman–Crippen MR) is 131 cm³/mol. The fourth-order valence-corrected chi connectivity index (χ4v) is 5.32. The van der Waals surface area contributed by atoms with Gasteiger partial charge in [0.05, 0.1) is 17.5 Å². The van der Waals surface area contributed by atoms with E-state index in [2.05, 4.69) is 15.5 Å². The molecule has 0 radical (unpaired) electrons. The van der Waals surface area contributed by atoms with Crippen LogP contribution < -0.4 is 10.6 Å². The second-order valence-corrected chi connectivity index (χ2v) is 9.50. The highest BCUT2D eigenvalue weighted by molar-refractivity contribution is 6.08. The monoisotopic (exact) mass is 465 g/mol. The second kappa shape index (κ2) is 11.4. The second-order valence-electron chi connectivity index (χ2n) is 9.50. The zero-order valence-electron chi connectivity index (χ0n) is 19.9. The Kier molecular flexibility index (Phi) is 8.03. The Hall–Kier alpha value is -3.09. The van der Waals surface area contributed by atoms with Crippen molar-refractivity contribution in [1.82, 2.24) is 10.2 Å². The van der Waals surface area contributed by atoms with E-state index in [0.29, 0.717) is 11.3 Å². The Bertz CT molecular complexity index is 958. The fraction of sp³-hybridized carbons (Fsp3) is 0.519. The van der Waals surface area contributed by atoms with E-state index >= 15 is 0 Å². The molecule has 34 heavy (non-hydrogen) atoms. The number of hydrogen-bond donors (Lipinski definition) is 2. The summed E-state index contributed by atoms with van der Waals surface area (Å²) in [6.07, 6.45) is 12.7. The number of carbonyl (C=O) groups is 3. The Balaban J connectivity index is 1.46. The number of anilines is 1. The topological polar surface area (TPSA) is 91.6 Å². The van der Waals surface area contributed by atoms with Crippen molar-refractivity contribution >= 4 is 23.4 Å². The molecule has 2 N–H and O–H groups in total. The van der Waals surface area contributed by atoms with Crippen molar-refractivity contribution in [3.8, 4) is 0 Å². The first kappa shape index (κ1) is 24.0. The summed E-state index contributed by atoms with van der Waals surface area (Å²) in [6.45, 7) is 1.77. The lowest BCUT2D eigenvalue weighted by molar-refractivity contribution is -0.139. The number of carbonyl (C=O) groups excluding carboxylic acids is 3. The van der Waals surface area contributed by atoms with E-state index in [1.807, 2.05) is 0 Å². The van der Waals surface area contributed by atoms with E-state index in [0.717, 1.165) is 51.4 Å². The summed E-state index contributed by atoms with van der Waals surface area (Å²) in [5.41, 5.74) is 0.682. The number of nitrogens with zero attached hydrogens (tertiary/aromatic N) is 1. The number of rotatable bonds is 7. The molecular weight excluding hydrogens is 430 g/mol. The highest BCUT2D eigenvalue weighted by Crippen LogP contribution is 2.31. The Labute approximate surface area is 201 Å². The number of benzene rings is 1. The van der Waals surface area contributed by atoms with Gasteiger partial charge < -0.3 is 20.0 Å². The zero-order chi connectivity index (χ0) is 23.9. The summed E-state index contributed by atoms with van der Waals surface area (Å²) < 4.78 is 5.14. The SMILES string of the molecule is CC(NC(=O)c1ccccc1NC(=O)c1ccco1)C(=O)N(C1CCCCC1)C1CCCCC1. The maximum Gasteiger partial charge on any atom is 0.291 e. The molecular formula is C27H35N3O4. The average molecular weight is 466 g/mol. The maximum atomic E-state index is 13.7. The van der Waals surface area contributed by atoms with Gasteiger partial charge in [0.2, 0.25) is 5.91 Å². The molecule has 182 valence electrons. The van der Waals surface area contributed by atoms with Gasteiger partial charge in [0.1, 0.15) is 6.04 Å². The number of furan rings is 1. The van der Waals surface area contributed by atoms with E-state index in [-0.39, 0.29) is 29.7 Å². The fourth-order valence-electron chi connectivity index (χ4n) is 5.32. The van der Waals surface area contributed by atoms with Crippen LogP contribution in [-0.2, 0) is 4.79 Å². The summed E-state index contributed by atoms with van der Waals surface area (Å²) in [5.74, 6) is -0.655. The third-order valence-electron chi connectivity index (χ3n) is 7.07. The summed E-state index contributed by atoms with van der Waals surface area (Å²) in [7, 11) is 0. The smallest absolute Gasteiger partial charge is 0.291 e. The summed E-state index contributed by atoms with van der Waals surface area (Å²) >= 11 is 0. The normalized spacial score (nSPS) is 18.1. The molecule has 2 aliphatic rings. The van der Waals surface area contributed by atoms with Gasteiger partial charge in [0.15, 0.2) is 5.76 Å². The van der Waals surface area contributed by atoms with Crippen LogP contribution in [0.2, 0.25) is 0 Å². The third-order valence-corrected chi connectivity index (χ3v) is 7.07. The molecule has 4 rings (SSSR count). The number of nitrogens with one attached hydrogen (secondary N) is 2. The van der Waals surface area contributed by atoms with Crippen LogP contribution in [0.15, 0.2) is 47.1 Å². The van der Waals surface area contributed by atoms with E-state index < -0.39 is 11.9 Å². The molecule has 1 aromatic heterocycles. The van der Waals surface area contributed by atoms with Crippen molar-refractivity contribution in [2.75, 3.05) is 5.32 Å². The summed E-state index contributed by atoms with van der Waals surface area (Å²) in [5, 5.41) is 5.63. The van der Waals surface area contributed by atoms with Crippen molar-refractivity contribution in [1.29, 1.82) is 0 Å². The number of amides is 3. The van der Waals surface area contributed by atoms with Gasteiger partial charge in [0.25, 0.3) is 11.8 Å². The standard InChI is InChI=1S/C27H35N3O4/c1-19(27(33)30(20-11-4-2-5-12-20)21-13-6-3-7-14-21)28-25(31)22-15-8-9-16-23(22)29-26(32)24-17-10-18-34-24/h8-10,15-21H,2-7,11-14H2,1H3,(H,28,31)(H,29,32). The predicted octanol–water partition coefficient (Wildman–Crippen LogP) is 5.14. The summed E-state index contributed by atoms with van der Waals surface area (Å²) in [6, 6.07) is 9.87. The minimum absolute atomic E-state index is 0.00394. The van der Waals surface area contributed by atoms with Gasteiger partial charge in [-0.05, 0) is 56.9 Å². The van der Waals surface area contributed by atoms with Crippen LogP contribution in [0.4, 0.5) is 5.69 Å². The van der Waals surface area contributed by atoms with Gasteiger partial charge in [-0.15, -0.1) is 0 Å². The number of para-hydroxylation sites is 1. The molecule has 0 aliphatic heterocycles. The Morgan fingerprint density at radius 1 is 0.853 bits per heavy atom. The van der Waals surface area contributed by atoms with Gasteiger partial charge in [-0.25, -0.2) is 0 Å². The van der Waals surface area contributed by atoms with Gasteiger partial charge in [0, 0.05) is 12.1 Å². The van der Waals surface area contributed by atoms with Crippen LogP contribution in [0.5, 0.6) is 0 Å². The van der Waals surface area contributed by atoms with Crippen molar-refractivity contribution in [3.63, 3.8) is 0 Å². The maximum absolute atomic E-state index is 13.7. The molecule has 0 spiro atoms. The van der Waals surface area contributed by atoms with Crippen molar-refractivity contribution in [3.05, 3.63) is 54.0 Å². The van der Waals surface area contributed by atoms with Gasteiger partial charge in [-0.2, -0.15) is 0 Å². The van der Waals surface area contributed by atoms with Gasteiger partial charge in [-0.1, -0.05) is 50.7 Å². The number of hydrogen-bond acceptors (Lipinski definition) is 4. The molecule has 0 saturated heterocycles. The van der Waals surface area contributed by atoms with E-state index in [9.17, 15) is 14.4 Å². The molecule has 2 aromatic rings. The minimum atomic E-state index is -0.648. The van der Waals surface area contributed by atoms with Crippen LogP contribution in [0.25, 0.3) is 0 Å². The Morgan fingerprint density at radius 3 is 2.06 bits per heavy atom. The van der Waals surface area contributed by atoms with Crippen LogP contribution >= 0.6 is 0 Å². The molecule has 0 bridgehead atoms. The molecule has 7 nitrogen and oxygen atoms in total. The molecule has 2 saturated carbocycles. The van der Waals surface area contributed by atoms with E-state index in [4.69, 9.17) is 4.42 Å². The molecule has 1 atom stereocenters. The quantitative estimate of drug-likeness (QED) is 0.592. The first-order valence-corrected chi connectivity index (χ1v) is 12.6. The molecule has 3 amide bonds. The van der Waals surface area contributed by atoms with Crippen molar-refractivity contribution in [2.45, 2.75) is 89.3 Å². The van der Waals surface area contributed by atoms with Crippen molar-refractivity contribution in [2.24, 2.45) is 0 Å². The van der Waals surface area contributed by atoms with Gasteiger partial charge in [-0.3, -0.25) is 14.4 Å². The molecule has 2 aliphatic carbocycles. The molecule has 1 heterocycles. The molecule has 1 aromatic carbocycles. The lowest BCUT2D eigenvalue weighted by Crippen LogP contribution is -2.55. The van der Waals surface area contributed by atoms with E-state index in [1.165, 1.54) is 19.1 Å². The van der Waals surface area contributed by atoms with Gasteiger partial charge >= 0.3 is 0 Å². The Morgan fingerprint density at radius 2 is 1.47 bits per heavy atom. The lowest BCUT2D eigenvalue weighted by Gasteiger charge is -2.43. The summed E-state index contributed by atoms with van der Waals surface area (Å²) in [4.78, 5) is 41.4.